The van der Waals surface area contributed by atoms with E-state index in [4.69, 9.17) is 0 Å². The molecular weight excluding hydrogens is 595 g/mol. The number of alkyl halides is 3. The summed E-state index contributed by atoms with van der Waals surface area (Å²) in [5.41, 5.74) is 1.69. The molecule has 2 heterocycles. The predicted molar refractivity (Wildman–Crippen MR) is 160 cm³/mol. The third-order valence-electron chi connectivity index (χ3n) is 7.06. The molecule has 1 N–H and O–H groups in total. The van der Waals surface area contributed by atoms with Crippen molar-refractivity contribution in [3.8, 4) is 5.69 Å². The standard InChI is InChI=1S/C31H28F3N5O4S/c32-31(33,34)25-9-5-10-26(18-25)38-22-24(27-11-1-2-12-28(27)38)21-37(20-23-8-6-15-35-19-23)17-7-16-36-44(42,43)30-14-4-3-13-29(30)39(40)41/h1-6,8-15,18-19,22,36H,7,16-17,20-21H2. The quantitative estimate of drug-likeness (QED) is 0.0989. The number of hydrogen-bond donors (Lipinski definition) is 1. The molecule has 0 unspecified atom stereocenters. The van der Waals surface area contributed by atoms with Crippen LogP contribution in [-0.4, -0.2) is 40.9 Å². The number of nitro benzene ring substituents is 1. The van der Waals surface area contributed by atoms with Gasteiger partial charge in [0.1, 0.15) is 0 Å². The number of aromatic nitrogens is 2. The number of pyridine rings is 1. The number of sulfonamides is 1. The van der Waals surface area contributed by atoms with Gasteiger partial charge in [-0.1, -0.05) is 42.5 Å². The monoisotopic (exact) mass is 623 g/mol. The number of nitrogens with zero attached hydrogens (tertiary/aromatic N) is 4. The zero-order valence-corrected chi connectivity index (χ0v) is 24.1. The molecular formula is C31H28F3N5O4S. The lowest BCUT2D eigenvalue weighted by molar-refractivity contribution is -0.387. The van der Waals surface area contributed by atoms with E-state index in [-0.39, 0.29) is 6.54 Å². The van der Waals surface area contributed by atoms with E-state index in [1.807, 2.05) is 42.6 Å². The summed E-state index contributed by atoms with van der Waals surface area (Å²) in [4.78, 5) is 16.5. The summed E-state index contributed by atoms with van der Waals surface area (Å²) in [7, 11) is -4.13. The highest BCUT2D eigenvalue weighted by Crippen LogP contribution is 2.32. The van der Waals surface area contributed by atoms with Crippen molar-refractivity contribution < 1.29 is 26.5 Å². The Balaban J connectivity index is 1.38. The van der Waals surface area contributed by atoms with Gasteiger partial charge in [-0.05, 0) is 53.9 Å². The zero-order valence-electron chi connectivity index (χ0n) is 23.3. The lowest BCUT2D eigenvalue weighted by Crippen LogP contribution is -2.30. The number of rotatable bonds is 12. The van der Waals surface area contributed by atoms with Crippen molar-refractivity contribution in [1.82, 2.24) is 19.2 Å². The molecule has 9 nitrogen and oxygen atoms in total. The van der Waals surface area contributed by atoms with Gasteiger partial charge in [-0.25, -0.2) is 13.1 Å². The maximum absolute atomic E-state index is 13.5. The second kappa shape index (κ2) is 13.0. The number of nitro groups is 1. The summed E-state index contributed by atoms with van der Waals surface area (Å²) in [5.74, 6) is 0. The van der Waals surface area contributed by atoms with E-state index in [9.17, 15) is 31.7 Å². The number of halogens is 3. The molecule has 0 saturated carbocycles. The number of hydrogen-bond acceptors (Lipinski definition) is 6. The second-order valence-electron chi connectivity index (χ2n) is 10.1. The van der Waals surface area contributed by atoms with Crippen LogP contribution < -0.4 is 4.72 Å². The fourth-order valence-corrected chi connectivity index (χ4v) is 6.29. The van der Waals surface area contributed by atoms with Crippen molar-refractivity contribution in [3.05, 3.63) is 130 Å². The average molecular weight is 624 g/mol. The van der Waals surface area contributed by atoms with Crippen LogP contribution in [-0.2, 0) is 29.3 Å². The highest BCUT2D eigenvalue weighted by atomic mass is 32.2. The molecule has 0 aliphatic heterocycles. The van der Waals surface area contributed by atoms with Crippen molar-refractivity contribution in [1.29, 1.82) is 0 Å². The lowest BCUT2D eigenvalue weighted by atomic mass is 10.1. The van der Waals surface area contributed by atoms with Crippen LogP contribution in [0.15, 0.2) is 108 Å². The molecule has 5 aromatic rings. The van der Waals surface area contributed by atoms with Crippen LogP contribution in [0.5, 0.6) is 0 Å². The van der Waals surface area contributed by atoms with Gasteiger partial charge < -0.3 is 4.57 Å². The Morgan fingerprint density at radius 3 is 2.48 bits per heavy atom. The second-order valence-corrected chi connectivity index (χ2v) is 11.9. The first-order valence-corrected chi connectivity index (χ1v) is 15.1. The maximum Gasteiger partial charge on any atom is 0.416 e. The smallest absolute Gasteiger partial charge is 0.316 e. The van der Waals surface area contributed by atoms with E-state index in [1.165, 1.54) is 24.3 Å². The Labute approximate surface area is 251 Å². The minimum absolute atomic E-state index is 0.0317. The third kappa shape index (κ3) is 7.13. The van der Waals surface area contributed by atoms with Crippen LogP contribution in [0.3, 0.4) is 0 Å². The lowest BCUT2D eigenvalue weighted by Gasteiger charge is -2.22. The van der Waals surface area contributed by atoms with E-state index < -0.39 is 37.3 Å². The number of nitrogens with one attached hydrogen (secondary N) is 1. The topological polar surface area (TPSA) is 110 Å². The molecule has 13 heteroatoms. The maximum atomic E-state index is 13.5. The molecule has 2 aromatic heterocycles. The summed E-state index contributed by atoms with van der Waals surface area (Å²) in [5, 5.41) is 12.2. The number of fused-ring (bicyclic) bond motifs is 1. The Morgan fingerprint density at radius 2 is 1.73 bits per heavy atom. The highest BCUT2D eigenvalue weighted by molar-refractivity contribution is 7.89. The molecule has 5 rings (SSSR count). The zero-order chi connectivity index (χ0) is 31.3. The number of benzene rings is 3. The number of para-hydroxylation sites is 2. The third-order valence-corrected chi connectivity index (χ3v) is 8.57. The van der Waals surface area contributed by atoms with Gasteiger partial charge in [-0.15, -0.1) is 0 Å². The molecule has 0 radical (unpaired) electrons. The molecule has 0 amide bonds. The average Bonchev–Trinajstić information content (AvgIpc) is 3.37. The minimum atomic E-state index is -4.48. The van der Waals surface area contributed by atoms with Gasteiger partial charge in [0.2, 0.25) is 10.0 Å². The van der Waals surface area contributed by atoms with Crippen molar-refractivity contribution in [3.63, 3.8) is 0 Å². The van der Waals surface area contributed by atoms with Gasteiger partial charge in [0.25, 0.3) is 5.69 Å². The van der Waals surface area contributed by atoms with Crippen LogP contribution in [0, 0.1) is 10.1 Å². The van der Waals surface area contributed by atoms with Gasteiger partial charge >= 0.3 is 6.18 Å². The molecule has 44 heavy (non-hydrogen) atoms. The Hall–Kier alpha value is -4.59. The van der Waals surface area contributed by atoms with Crippen molar-refractivity contribution in [2.24, 2.45) is 0 Å². The molecule has 3 aromatic carbocycles. The van der Waals surface area contributed by atoms with Crippen LogP contribution in [0.1, 0.15) is 23.1 Å². The van der Waals surface area contributed by atoms with Crippen molar-refractivity contribution in [2.75, 3.05) is 13.1 Å². The van der Waals surface area contributed by atoms with E-state index in [0.29, 0.717) is 31.7 Å². The van der Waals surface area contributed by atoms with Gasteiger partial charge in [-0.3, -0.25) is 20.0 Å². The fraction of sp³-hybridized carbons (Fsp3) is 0.194. The van der Waals surface area contributed by atoms with Crippen molar-refractivity contribution in [2.45, 2.75) is 30.6 Å². The van der Waals surface area contributed by atoms with E-state index in [1.54, 1.807) is 23.0 Å². The first-order chi connectivity index (χ1) is 21.0. The Kier molecular flexibility index (Phi) is 9.09. The van der Waals surface area contributed by atoms with E-state index in [0.717, 1.165) is 40.2 Å². The summed E-state index contributed by atoms with van der Waals surface area (Å²) in [6.45, 7) is 1.37. The van der Waals surface area contributed by atoms with Gasteiger partial charge in [0.15, 0.2) is 4.90 Å². The Bertz CT molecular complexity index is 1880. The highest BCUT2D eigenvalue weighted by Gasteiger charge is 2.30. The van der Waals surface area contributed by atoms with Crippen LogP contribution >= 0.6 is 0 Å². The molecule has 0 spiro atoms. The van der Waals surface area contributed by atoms with Gasteiger partial charge in [0.05, 0.1) is 16.0 Å². The molecule has 0 aliphatic rings. The molecule has 0 fully saturated rings. The normalized spacial score (nSPS) is 12.2. The van der Waals surface area contributed by atoms with Crippen LogP contribution in [0.4, 0.5) is 18.9 Å². The fourth-order valence-electron chi connectivity index (χ4n) is 5.05. The predicted octanol–water partition coefficient (Wildman–Crippen LogP) is 6.32. The Morgan fingerprint density at radius 1 is 0.955 bits per heavy atom. The van der Waals surface area contributed by atoms with Gasteiger partial charge in [-0.2, -0.15) is 13.2 Å². The molecule has 0 bridgehead atoms. The summed E-state index contributed by atoms with van der Waals surface area (Å²) in [6.07, 6.45) is 1.12. The molecule has 0 aliphatic carbocycles. The van der Waals surface area contributed by atoms with Crippen molar-refractivity contribution >= 4 is 26.6 Å². The summed E-state index contributed by atoms with van der Waals surface area (Å²) < 4.78 is 70.3. The first kappa shape index (κ1) is 30.9. The minimum Gasteiger partial charge on any atom is -0.316 e. The first-order valence-electron chi connectivity index (χ1n) is 13.6. The van der Waals surface area contributed by atoms with Gasteiger partial charge in [0, 0.05) is 61.9 Å². The summed E-state index contributed by atoms with van der Waals surface area (Å²) in [6, 6.07) is 21.5. The summed E-state index contributed by atoms with van der Waals surface area (Å²) >= 11 is 0. The van der Waals surface area contributed by atoms with Crippen LogP contribution in [0.2, 0.25) is 0 Å². The molecule has 0 atom stereocenters. The largest absolute Gasteiger partial charge is 0.416 e. The SMILES string of the molecule is O=[N+]([O-])c1ccccc1S(=O)(=O)NCCCN(Cc1cccnc1)Cc1cn(-c2cccc(C(F)(F)F)c2)c2ccccc12. The molecule has 228 valence electrons. The van der Waals surface area contributed by atoms with E-state index in [2.05, 4.69) is 14.6 Å². The van der Waals surface area contributed by atoms with E-state index >= 15 is 0 Å². The molecule has 0 saturated heterocycles. The van der Waals surface area contributed by atoms with Crippen LogP contribution in [0.25, 0.3) is 16.6 Å².